The molecule has 5 nitrogen and oxygen atoms in total. The molecule has 0 radical (unpaired) electrons. The summed E-state index contributed by atoms with van der Waals surface area (Å²) < 4.78 is 0. The van der Waals surface area contributed by atoms with E-state index in [9.17, 15) is 0 Å². The minimum atomic E-state index is -0.112. The maximum absolute atomic E-state index is 7.30. The molecule has 0 bridgehead atoms. The van der Waals surface area contributed by atoms with Crippen LogP contribution in [0.5, 0.6) is 0 Å². The van der Waals surface area contributed by atoms with Crippen molar-refractivity contribution in [3.05, 3.63) is 0 Å². The molecule has 0 aromatic rings. The average Bonchev–Trinajstić information content (AvgIpc) is 2.04. The molecule has 1 fully saturated rings. The summed E-state index contributed by atoms with van der Waals surface area (Å²) in [6, 6.07) is 0.170. The number of hydrogen-bond acceptors (Lipinski definition) is 2. The van der Waals surface area contributed by atoms with Crippen molar-refractivity contribution in [2.75, 3.05) is 0 Å². The first-order chi connectivity index (χ1) is 6.13. The van der Waals surface area contributed by atoms with E-state index in [-0.39, 0.29) is 18.0 Å². The van der Waals surface area contributed by atoms with E-state index in [1.807, 2.05) is 0 Å². The van der Waals surface area contributed by atoms with Crippen molar-refractivity contribution >= 4 is 11.9 Å². The van der Waals surface area contributed by atoms with Gasteiger partial charge in [-0.05, 0) is 12.8 Å². The molecule has 13 heavy (non-hydrogen) atoms. The van der Waals surface area contributed by atoms with Crippen LogP contribution in [0.4, 0.5) is 0 Å². The molecule has 1 rings (SSSR count). The summed E-state index contributed by atoms with van der Waals surface area (Å²) in [7, 11) is 0. The van der Waals surface area contributed by atoms with Crippen LogP contribution in [-0.4, -0.2) is 22.9 Å². The Balaban J connectivity index is 2.62. The molecule has 0 saturated heterocycles. The molecule has 1 aliphatic rings. The first kappa shape index (κ1) is 9.83. The molecule has 0 heterocycles. The third-order valence-electron chi connectivity index (χ3n) is 2.46. The number of nitrogens with zero attached hydrogens (tertiary/aromatic N) is 1. The third-order valence-corrected chi connectivity index (χ3v) is 2.46. The summed E-state index contributed by atoms with van der Waals surface area (Å²) in [5, 5.41) is 14.6. The maximum atomic E-state index is 7.30. The number of nitrogens with one attached hydrogen (secondary N) is 2. The van der Waals surface area contributed by atoms with E-state index in [2.05, 4.69) is 0 Å². The lowest BCUT2D eigenvalue weighted by Crippen LogP contribution is -2.51. The molecule has 6 N–H and O–H groups in total. The highest BCUT2D eigenvalue weighted by Crippen LogP contribution is 2.21. The lowest BCUT2D eigenvalue weighted by Gasteiger charge is -2.32. The van der Waals surface area contributed by atoms with Crippen LogP contribution >= 0.6 is 0 Å². The van der Waals surface area contributed by atoms with Gasteiger partial charge in [0.05, 0.1) is 0 Å². The van der Waals surface area contributed by atoms with Crippen molar-refractivity contribution < 1.29 is 0 Å². The zero-order chi connectivity index (χ0) is 9.84. The molecule has 5 heteroatoms. The van der Waals surface area contributed by atoms with Gasteiger partial charge in [-0.2, -0.15) is 0 Å². The standard InChI is InChI=1S/C8H17N5/c9-7(10)13(8(11)12)6-4-2-1-3-5-6/h6H,1-5H2,(H3,9,10)(H3,11,12). The normalized spacial score (nSPS) is 18.2. The number of nitrogens with two attached hydrogens (primary N) is 2. The third kappa shape index (κ3) is 2.34. The van der Waals surface area contributed by atoms with Gasteiger partial charge in [0.1, 0.15) is 0 Å². The van der Waals surface area contributed by atoms with E-state index in [1.165, 1.54) is 11.3 Å². The van der Waals surface area contributed by atoms with Crippen molar-refractivity contribution in [2.24, 2.45) is 11.5 Å². The molecule has 0 atom stereocenters. The van der Waals surface area contributed by atoms with E-state index >= 15 is 0 Å². The molecule has 0 unspecified atom stereocenters. The Bertz CT molecular complexity index is 193. The summed E-state index contributed by atoms with van der Waals surface area (Å²) in [5.41, 5.74) is 10.7. The Labute approximate surface area is 78.1 Å². The number of rotatable bonds is 1. The fourth-order valence-corrected chi connectivity index (χ4v) is 1.86. The first-order valence-electron chi connectivity index (χ1n) is 4.60. The maximum Gasteiger partial charge on any atom is 0.195 e. The van der Waals surface area contributed by atoms with E-state index < -0.39 is 0 Å². The number of guanidine groups is 2. The smallest absolute Gasteiger partial charge is 0.195 e. The molecule has 74 valence electrons. The van der Waals surface area contributed by atoms with Crippen LogP contribution < -0.4 is 11.5 Å². The summed E-state index contributed by atoms with van der Waals surface area (Å²) in [4.78, 5) is 1.42. The second-order valence-corrected chi connectivity index (χ2v) is 3.43. The van der Waals surface area contributed by atoms with Gasteiger partial charge in [-0.1, -0.05) is 19.3 Å². The van der Waals surface area contributed by atoms with Crippen molar-refractivity contribution in [3.8, 4) is 0 Å². The zero-order valence-corrected chi connectivity index (χ0v) is 7.71. The van der Waals surface area contributed by atoms with E-state index in [0.29, 0.717) is 0 Å². The monoisotopic (exact) mass is 183 g/mol. The number of hydrogen-bond donors (Lipinski definition) is 4. The fourth-order valence-electron chi connectivity index (χ4n) is 1.86. The van der Waals surface area contributed by atoms with E-state index in [0.717, 1.165) is 25.7 Å². The van der Waals surface area contributed by atoms with Gasteiger partial charge in [0.25, 0.3) is 0 Å². The second-order valence-electron chi connectivity index (χ2n) is 3.43. The topological polar surface area (TPSA) is 103 Å². The lowest BCUT2D eigenvalue weighted by atomic mass is 9.94. The summed E-state index contributed by atoms with van der Waals surface area (Å²) in [6.45, 7) is 0. The Morgan fingerprint density at radius 3 is 1.85 bits per heavy atom. The molecular weight excluding hydrogens is 166 g/mol. The van der Waals surface area contributed by atoms with Gasteiger partial charge in [0, 0.05) is 6.04 Å². The fraction of sp³-hybridized carbons (Fsp3) is 0.750. The molecule has 0 aliphatic heterocycles. The summed E-state index contributed by atoms with van der Waals surface area (Å²) in [6.07, 6.45) is 5.49. The molecule has 1 aliphatic carbocycles. The van der Waals surface area contributed by atoms with Gasteiger partial charge in [-0.15, -0.1) is 0 Å². The van der Waals surface area contributed by atoms with Crippen LogP contribution in [0.3, 0.4) is 0 Å². The highest BCUT2D eigenvalue weighted by Gasteiger charge is 2.23. The van der Waals surface area contributed by atoms with E-state index in [4.69, 9.17) is 22.3 Å². The predicted octanol–water partition coefficient (Wildman–Crippen LogP) is 0.408. The van der Waals surface area contributed by atoms with E-state index in [1.54, 1.807) is 0 Å². The van der Waals surface area contributed by atoms with Crippen LogP contribution in [0.1, 0.15) is 32.1 Å². The van der Waals surface area contributed by atoms with Crippen LogP contribution in [0, 0.1) is 10.8 Å². The second kappa shape index (κ2) is 4.11. The van der Waals surface area contributed by atoms with Crippen LogP contribution in [0.2, 0.25) is 0 Å². The quantitative estimate of drug-likeness (QED) is 0.349. The van der Waals surface area contributed by atoms with Gasteiger partial charge in [0.15, 0.2) is 11.9 Å². The van der Waals surface area contributed by atoms with Crippen molar-refractivity contribution in [3.63, 3.8) is 0 Å². The SMILES string of the molecule is N=C(N)N(C(=N)N)C1CCCCC1. The molecular formula is C8H17N5. The Morgan fingerprint density at radius 2 is 1.46 bits per heavy atom. The largest absolute Gasteiger partial charge is 0.370 e. The highest BCUT2D eigenvalue weighted by molar-refractivity contribution is 5.94. The molecule has 0 spiro atoms. The molecule has 0 aromatic carbocycles. The molecule has 0 amide bonds. The van der Waals surface area contributed by atoms with Gasteiger partial charge in [-0.3, -0.25) is 15.7 Å². The summed E-state index contributed by atoms with van der Waals surface area (Å²) >= 11 is 0. The average molecular weight is 183 g/mol. The molecule has 1 saturated carbocycles. The van der Waals surface area contributed by atoms with Gasteiger partial charge >= 0.3 is 0 Å². The Kier molecular flexibility index (Phi) is 3.11. The van der Waals surface area contributed by atoms with Crippen molar-refractivity contribution in [2.45, 2.75) is 38.1 Å². The van der Waals surface area contributed by atoms with Gasteiger partial charge in [-0.25, -0.2) is 0 Å². The zero-order valence-electron chi connectivity index (χ0n) is 7.71. The molecule has 0 aromatic heterocycles. The minimum absolute atomic E-state index is 0.112. The van der Waals surface area contributed by atoms with Crippen LogP contribution in [0.25, 0.3) is 0 Å². The van der Waals surface area contributed by atoms with Crippen molar-refractivity contribution in [1.29, 1.82) is 10.8 Å². The first-order valence-corrected chi connectivity index (χ1v) is 4.60. The van der Waals surface area contributed by atoms with Gasteiger partial charge < -0.3 is 11.5 Å². The van der Waals surface area contributed by atoms with Gasteiger partial charge in [0.2, 0.25) is 0 Å². The lowest BCUT2D eigenvalue weighted by molar-refractivity contribution is 0.315. The van der Waals surface area contributed by atoms with Crippen LogP contribution in [0.15, 0.2) is 0 Å². The minimum Gasteiger partial charge on any atom is -0.370 e. The Morgan fingerprint density at radius 1 is 1.00 bits per heavy atom. The Hall–Kier alpha value is -1.26. The van der Waals surface area contributed by atoms with Crippen molar-refractivity contribution in [1.82, 2.24) is 4.90 Å². The predicted molar refractivity (Wildman–Crippen MR) is 52.5 cm³/mol. The highest BCUT2D eigenvalue weighted by atomic mass is 15.3. The summed E-state index contributed by atoms with van der Waals surface area (Å²) in [5.74, 6) is -0.223. The van der Waals surface area contributed by atoms with Crippen LogP contribution in [-0.2, 0) is 0 Å².